The van der Waals surface area contributed by atoms with E-state index >= 15 is 0 Å². The van der Waals surface area contributed by atoms with Crippen molar-refractivity contribution in [3.63, 3.8) is 0 Å². The normalized spacial score (nSPS) is 11.6. The Morgan fingerprint density at radius 3 is 2.50 bits per heavy atom. The highest BCUT2D eigenvalue weighted by molar-refractivity contribution is 7.92. The zero-order valence-electron chi connectivity index (χ0n) is 17.9. The number of aryl methyl sites for hydroxylation is 1. The Kier molecular flexibility index (Phi) is 5.14. The van der Waals surface area contributed by atoms with Crippen molar-refractivity contribution in [2.45, 2.75) is 11.8 Å². The third-order valence-electron chi connectivity index (χ3n) is 5.42. The van der Waals surface area contributed by atoms with Crippen LogP contribution in [-0.4, -0.2) is 29.3 Å². The van der Waals surface area contributed by atoms with E-state index in [2.05, 4.69) is 25.0 Å². The number of hydrogen-bond donors (Lipinski definition) is 4. The first kappa shape index (κ1) is 21.4. The maximum atomic E-state index is 12.8. The number of aromatic nitrogens is 3. The van der Waals surface area contributed by atoms with Gasteiger partial charge in [-0.1, -0.05) is 6.07 Å². The van der Waals surface area contributed by atoms with Gasteiger partial charge in [-0.25, -0.2) is 13.2 Å². The van der Waals surface area contributed by atoms with E-state index in [1.54, 1.807) is 6.20 Å². The molecule has 0 unspecified atom stereocenters. The Labute approximate surface area is 193 Å². The van der Waals surface area contributed by atoms with Gasteiger partial charge in [0.15, 0.2) is 0 Å². The van der Waals surface area contributed by atoms with Gasteiger partial charge in [-0.3, -0.25) is 14.5 Å². The van der Waals surface area contributed by atoms with Gasteiger partial charge in [0.1, 0.15) is 0 Å². The van der Waals surface area contributed by atoms with Crippen LogP contribution in [0.15, 0.2) is 82.6 Å². The Balaban J connectivity index is 1.34. The standard InChI is InChI=1S/C24H19N5O4S/c1-14-4-10-19(18-3-2-12-25-22(14)18)26-23(30)15-5-7-16(8-6-15)29-34(32,33)17-9-11-20-21(13-17)28-24(31)27-20/h2-13,29H,1H3,(H,26,30)(H2,27,28,31). The van der Waals surface area contributed by atoms with E-state index in [1.165, 1.54) is 42.5 Å². The van der Waals surface area contributed by atoms with E-state index in [0.29, 0.717) is 28.0 Å². The molecule has 9 nitrogen and oxygen atoms in total. The summed E-state index contributed by atoms with van der Waals surface area (Å²) in [5, 5.41) is 3.73. The molecular formula is C24H19N5O4S. The summed E-state index contributed by atoms with van der Waals surface area (Å²) in [6, 6.07) is 17.8. The topological polar surface area (TPSA) is 137 Å². The van der Waals surface area contributed by atoms with Gasteiger partial charge in [0.05, 0.1) is 27.1 Å². The first-order valence-electron chi connectivity index (χ1n) is 10.3. The van der Waals surface area contributed by atoms with Gasteiger partial charge >= 0.3 is 5.69 Å². The summed E-state index contributed by atoms with van der Waals surface area (Å²) >= 11 is 0. The number of imidazole rings is 1. The molecule has 0 bridgehead atoms. The molecule has 0 fully saturated rings. The quantitative estimate of drug-likeness (QED) is 0.308. The predicted molar refractivity (Wildman–Crippen MR) is 131 cm³/mol. The smallest absolute Gasteiger partial charge is 0.321 e. The lowest BCUT2D eigenvalue weighted by atomic mass is 10.1. The van der Waals surface area contributed by atoms with Crippen LogP contribution < -0.4 is 15.7 Å². The number of amides is 1. The van der Waals surface area contributed by atoms with Crippen LogP contribution in [0.3, 0.4) is 0 Å². The number of nitrogens with one attached hydrogen (secondary N) is 4. The largest absolute Gasteiger partial charge is 0.323 e. The summed E-state index contributed by atoms with van der Waals surface area (Å²) in [6.07, 6.45) is 1.70. The maximum Gasteiger partial charge on any atom is 0.323 e. The van der Waals surface area contributed by atoms with E-state index in [0.717, 1.165) is 16.5 Å². The summed E-state index contributed by atoms with van der Waals surface area (Å²) in [5.74, 6) is -0.328. The fraction of sp³-hybridized carbons (Fsp3) is 0.0417. The lowest BCUT2D eigenvalue weighted by molar-refractivity contribution is 0.102. The average molecular weight is 474 g/mol. The molecule has 0 spiro atoms. The van der Waals surface area contributed by atoms with Crippen molar-refractivity contribution >= 4 is 49.2 Å². The minimum atomic E-state index is -3.90. The van der Waals surface area contributed by atoms with Crippen molar-refractivity contribution in [2.24, 2.45) is 0 Å². The van der Waals surface area contributed by atoms with Gasteiger partial charge in [-0.15, -0.1) is 0 Å². The molecule has 1 amide bonds. The summed E-state index contributed by atoms with van der Waals surface area (Å²) in [6.45, 7) is 1.95. The molecule has 4 N–H and O–H groups in total. The summed E-state index contributed by atoms with van der Waals surface area (Å²) in [5.41, 5.74) is 3.60. The SMILES string of the molecule is Cc1ccc(NC(=O)c2ccc(NS(=O)(=O)c3ccc4[nH]c(=O)[nH]c4c3)cc2)c2cccnc12. The van der Waals surface area contributed by atoms with Gasteiger partial charge in [-0.2, -0.15) is 0 Å². The minimum absolute atomic E-state index is 0.00284. The number of fused-ring (bicyclic) bond motifs is 2. The molecule has 5 aromatic rings. The molecule has 2 heterocycles. The zero-order chi connectivity index (χ0) is 23.9. The number of anilines is 2. The van der Waals surface area contributed by atoms with Crippen molar-refractivity contribution in [2.75, 3.05) is 10.0 Å². The van der Waals surface area contributed by atoms with Crippen LogP contribution in [0.4, 0.5) is 11.4 Å². The number of carbonyl (C=O) groups is 1. The number of rotatable bonds is 5. The van der Waals surface area contributed by atoms with Crippen LogP contribution in [0.5, 0.6) is 0 Å². The van der Waals surface area contributed by atoms with Crippen LogP contribution in [0.1, 0.15) is 15.9 Å². The Bertz CT molecular complexity index is 1720. The second kappa shape index (κ2) is 8.16. The number of H-pyrrole nitrogens is 2. The molecule has 0 atom stereocenters. The number of aromatic amines is 2. The van der Waals surface area contributed by atoms with Crippen LogP contribution >= 0.6 is 0 Å². The molecule has 0 aliphatic heterocycles. The number of carbonyl (C=O) groups excluding carboxylic acids is 1. The fourth-order valence-electron chi connectivity index (χ4n) is 3.70. The second-order valence-corrected chi connectivity index (χ2v) is 9.44. The van der Waals surface area contributed by atoms with Crippen molar-refractivity contribution in [3.8, 4) is 0 Å². The molecule has 0 aliphatic rings. The molecule has 0 saturated heterocycles. The second-order valence-electron chi connectivity index (χ2n) is 7.75. The fourth-order valence-corrected chi connectivity index (χ4v) is 4.78. The number of hydrogen-bond acceptors (Lipinski definition) is 5. The van der Waals surface area contributed by atoms with Gasteiger partial charge in [0.2, 0.25) is 0 Å². The molecule has 5 rings (SSSR count). The summed E-state index contributed by atoms with van der Waals surface area (Å²) in [7, 11) is -3.90. The maximum absolute atomic E-state index is 12.8. The molecule has 3 aromatic carbocycles. The molecule has 170 valence electrons. The van der Waals surface area contributed by atoms with Crippen molar-refractivity contribution in [1.29, 1.82) is 0 Å². The molecule has 0 aliphatic carbocycles. The zero-order valence-corrected chi connectivity index (χ0v) is 18.7. The lowest BCUT2D eigenvalue weighted by Crippen LogP contribution is -2.14. The average Bonchev–Trinajstić information content (AvgIpc) is 3.20. The van der Waals surface area contributed by atoms with Gasteiger partial charge < -0.3 is 15.3 Å². The van der Waals surface area contributed by atoms with Crippen molar-refractivity contribution in [1.82, 2.24) is 15.0 Å². The number of nitrogens with zero attached hydrogens (tertiary/aromatic N) is 1. The molecule has 10 heteroatoms. The van der Waals surface area contributed by atoms with Crippen molar-refractivity contribution < 1.29 is 13.2 Å². The minimum Gasteiger partial charge on any atom is -0.321 e. The van der Waals surface area contributed by atoms with E-state index in [4.69, 9.17) is 0 Å². The molecule has 2 aromatic heterocycles. The number of benzene rings is 3. The van der Waals surface area contributed by atoms with E-state index in [-0.39, 0.29) is 10.8 Å². The van der Waals surface area contributed by atoms with Gasteiger partial charge in [-0.05, 0) is 73.2 Å². The Morgan fingerprint density at radius 2 is 1.71 bits per heavy atom. The van der Waals surface area contributed by atoms with E-state index in [9.17, 15) is 18.0 Å². The first-order chi connectivity index (χ1) is 16.3. The third kappa shape index (κ3) is 4.02. The molecular weight excluding hydrogens is 454 g/mol. The monoisotopic (exact) mass is 473 g/mol. The number of sulfonamides is 1. The lowest BCUT2D eigenvalue weighted by Gasteiger charge is -2.11. The first-order valence-corrected chi connectivity index (χ1v) is 11.8. The Hall–Kier alpha value is -4.44. The van der Waals surface area contributed by atoms with Crippen molar-refractivity contribution in [3.05, 3.63) is 94.5 Å². The number of pyridine rings is 1. The van der Waals surface area contributed by atoms with Crippen LogP contribution in [-0.2, 0) is 10.0 Å². The van der Waals surface area contributed by atoms with E-state index < -0.39 is 15.7 Å². The Morgan fingerprint density at radius 1 is 0.941 bits per heavy atom. The van der Waals surface area contributed by atoms with Crippen LogP contribution in [0, 0.1) is 6.92 Å². The summed E-state index contributed by atoms with van der Waals surface area (Å²) in [4.78, 5) is 33.7. The summed E-state index contributed by atoms with van der Waals surface area (Å²) < 4.78 is 28.0. The predicted octanol–water partition coefficient (Wildman–Crippen LogP) is 3.77. The molecule has 0 saturated carbocycles. The van der Waals surface area contributed by atoms with E-state index in [1.807, 2.05) is 31.2 Å². The third-order valence-corrected chi connectivity index (χ3v) is 6.80. The highest BCUT2D eigenvalue weighted by Gasteiger charge is 2.16. The molecule has 34 heavy (non-hydrogen) atoms. The molecule has 0 radical (unpaired) electrons. The van der Waals surface area contributed by atoms with Gasteiger partial charge in [0, 0.05) is 22.8 Å². The van der Waals surface area contributed by atoms with Gasteiger partial charge in [0.25, 0.3) is 15.9 Å². The van der Waals surface area contributed by atoms with Crippen LogP contribution in [0.25, 0.3) is 21.9 Å². The highest BCUT2D eigenvalue weighted by atomic mass is 32.2. The van der Waals surface area contributed by atoms with Crippen LogP contribution in [0.2, 0.25) is 0 Å². The highest BCUT2D eigenvalue weighted by Crippen LogP contribution is 2.25.